The summed E-state index contributed by atoms with van der Waals surface area (Å²) in [6.45, 7) is 5.78. The smallest absolute Gasteiger partial charge is 0.238 e. The van der Waals surface area contributed by atoms with E-state index in [-0.39, 0.29) is 18.0 Å². The highest BCUT2D eigenvalue weighted by Gasteiger charge is 2.18. The van der Waals surface area contributed by atoms with E-state index in [1.165, 1.54) is 0 Å². The predicted molar refractivity (Wildman–Crippen MR) is 80.0 cm³/mol. The maximum atomic E-state index is 11.9. The molecule has 1 aromatic rings. The average molecular weight is 294 g/mol. The summed E-state index contributed by atoms with van der Waals surface area (Å²) in [5.41, 5.74) is 0.439. The minimum atomic E-state index is -0.251. The van der Waals surface area contributed by atoms with Crippen LogP contribution in [0.3, 0.4) is 0 Å². The molecule has 0 fully saturated rings. The maximum Gasteiger partial charge on any atom is 0.238 e. The van der Waals surface area contributed by atoms with Crippen molar-refractivity contribution in [3.63, 3.8) is 0 Å². The first kappa shape index (κ1) is 15.6. The van der Waals surface area contributed by atoms with Crippen molar-refractivity contribution in [1.82, 2.24) is 5.32 Å². The van der Waals surface area contributed by atoms with Gasteiger partial charge in [-0.1, -0.05) is 0 Å². The molecular formula is C15H22N2O4. The Morgan fingerprint density at radius 1 is 1.29 bits per heavy atom. The summed E-state index contributed by atoms with van der Waals surface area (Å²) >= 11 is 0. The van der Waals surface area contributed by atoms with Gasteiger partial charge in [-0.05, 0) is 26.0 Å². The van der Waals surface area contributed by atoms with Crippen LogP contribution in [0.1, 0.15) is 13.8 Å². The third-order valence-electron chi connectivity index (χ3n) is 3.06. The molecule has 0 bridgehead atoms. The molecule has 2 N–H and O–H groups in total. The molecule has 1 aliphatic rings. The minimum absolute atomic E-state index is 0.115. The number of methoxy groups -OCH3 is 1. The number of nitrogens with one attached hydrogen (secondary N) is 2. The molecule has 2 rings (SSSR count). The quantitative estimate of drug-likeness (QED) is 0.830. The largest absolute Gasteiger partial charge is 0.486 e. The molecule has 1 heterocycles. The highest BCUT2D eigenvalue weighted by atomic mass is 16.6. The molecule has 0 aliphatic carbocycles. The van der Waals surface area contributed by atoms with Gasteiger partial charge in [-0.3, -0.25) is 4.79 Å². The standard InChI is InChI=1S/C15H22N2O4/c1-15(2,10-19-3)16-9-14(18)17-11-4-5-12-13(8-11)21-7-6-20-12/h4-5,8,16H,6-7,9-10H2,1-3H3,(H,17,18). The molecule has 0 atom stereocenters. The molecule has 1 aromatic carbocycles. The van der Waals surface area contributed by atoms with Gasteiger partial charge < -0.3 is 24.8 Å². The summed E-state index contributed by atoms with van der Waals surface area (Å²) in [5, 5.41) is 5.98. The molecule has 116 valence electrons. The highest BCUT2D eigenvalue weighted by molar-refractivity contribution is 5.92. The number of carbonyl (C=O) groups is 1. The number of hydrogen-bond donors (Lipinski definition) is 2. The van der Waals surface area contributed by atoms with E-state index in [1.54, 1.807) is 25.3 Å². The predicted octanol–water partition coefficient (Wildman–Crippen LogP) is 1.41. The van der Waals surface area contributed by atoms with Gasteiger partial charge in [-0.2, -0.15) is 0 Å². The lowest BCUT2D eigenvalue weighted by atomic mass is 10.1. The Balaban J connectivity index is 1.88. The number of fused-ring (bicyclic) bond motifs is 1. The first-order valence-electron chi connectivity index (χ1n) is 6.94. The zero-order valence-electron chi connectivity index (χ0n) is 12.7. The van der Waals surface area contributed by atoms with E-state index in [2.05, 4.69) is 10.6 Å². The fourth-order valence-corrected chi connectivity index (χ4v) is 2.06. The monoisotopic (exact) mass is 294 g/mol. The van der Waals surface area contributed by atoms with E-state index in [1.807, 2.05) is 13.8 Å². The number of hydrogen-bond acceptors (Lipinski definition) is 5. The highest BCUT2D eigenvalue weighted by Crippen LogP contribution is 2.32. The van der Waals surface area contributed by atoms with Gasteiger partial charge in [0.25, 0.3) is 0 Å². The second-order valence-electron chi connectivity index (χ2n) is 5.58. The number of ether oxygens (including phenoxy) is 3. The summed E-state index contributed by atoms with van der Waals surface area (Å²) in [6, 6.07) is 5.37. The van der Waals surface area contributed by atoms with Crippen molar-refractivity contribution in [3.8, 4) is 11.5 Å². The lowest BCUT2D eigenvalue weighted by Crippen LogP contribution is -2.46. The van der Waals surface area contributed by atoms with Crippen LogP contribution in [0.5, 0.6) is 11.5 Å². The van der Waals surface area contributed by atoms with Gasteiger partial charge in [0.2, 0.25) is 5.91 Å². The summed E-state index contributed by atoms with van der Waals surface area (Å²) in [5.74, 6) is 1.25. The van der Waals surface area contributed by atoms with Crippen LogP contribution < -0.4 is 20.1 Å². The SMILES string of the molecule is COCC(C)(C)NCC(=O)Nc1ccc2c(c1)OCCO2. The molecule has 0 radical (unpaired) electrons. The van der Waals surface area contributed by atoms with E-state index < -0.39 is 0 Å². The second kappa shape index (κ2) is 6.78. The van der Waals surface area contributed by atoms with Gasteiger partial charge in [0, 0.05) is 24.4 Å². The number of anilines is 1. The van der Waals surface area contributed by atoms with E-state index in [0.717, 1.165) is 0 Å². The molecule has 0 spiro atoms. The van der Waals surface area contributed by atoms with Crippen LogP contribution in [-0.4, -0.2) is 44.9 Å². The number of amides is 1. The van der Waals surface area contributed by atoms with E-state index in [9.17, 15) is 4.79 Å². The molecular weight excluding hydrogens is 272 g/mol. The third kappa shape index (κ3) is 4.61. The normalized spacial score (nSPS) is 13.9. The molecule has 0 aromatic heterocycles. The Kier molecular flexibility index (Phi) is 5.03. The fourth-order valence-electron chi connectivity index (χ4n) is 2.06. The van der Waals surface area contributed by atoms with Crippen molar-refractivity contribution in [3.05, 3.63) is 18.2 Å². The van der Waals surface area contributed by atoms with Gasteiger partial charge in [0.05, 0.1) is 13.2 Å². The van der Waals surface area contributed by atoms with Crippen LogP contribution >= 0.6 is 0 Å². The summed E-state index contributed by atoms with van der Waals surface area (Å²) in [7, 11) is 1.64. The number of rotatable bonds is 6. The van der Waals surface area contributed by atoms with Crippen LogP contribution in [0.4, 0.5) is 5.69 Å². The Morgan fingerprint density at radius 2 is 2.00 bits per heavy atom. The van der Waals surface area contributed by atoms with Crippen molar-refractivity contribution in [1.29, 1.82) is 0 Å². The van der Waals surface area contributed by atoms with Crippen molar-refractivity contribution < 1.29 is 19.0 Å². The lowest BCUT2D eigenvalue weighted by Gasteiger charge is -2.25. The zero-order valence-corrected chi connectivity index (χ0v) is 12.7. The van der Waals surface area contributed by atoms with Crippen LogP contribution in [0.15, 0.2) is 18.2 Å². The summed E-state index contributed by atoms with van der Waals surface area (Å²) < 4.78 is 16.0. The molecule has 6 heteroatoms. The fraction of sp³-hybridized carbons (Fsp3) is 0.533. The van der Waals surface area contributed by atoms with Crippen molar-refractivity contribution in [2.75, 3.05) is 38.8 Å². The molecule has 1 aliphatic heterocycles. The van der Waals surface area contributed by atoms with E-state index in [4.69, 9.17) is 14.2 Å². The van der Waals surface area contributed by atoms with Crippen LogP contribution in [0.25, 0.3) is 0 Å². The van der Waals surface area contributed by atoms with Crippen LogP contribution in [0, 0.1) is 0 Å². The van der Waals surface area contributed by atoms with Crippen molar-refractivity contribution in [2.45, 2.75) is 19.4 Å². The molecule has 0 saturated heterocycles. The molecule has 1 amide bonds. The number of benzene rings is 1. The topological polar surface area (TPSA) is 68.8 Å². The molecule has 21 heavy (non-hydrogen) atoms. The Morgan fingerprint density at radius 3 is 2.71 bits per heavy atom. The van der Waals surface area contributed by atoms with Crippen molar-refractivity contribution in [2.24, 2.45) is 0 Å². The first-order valence-corrected chi connectivity index (χ1v) is 6.94. The summed E-state index contributed by atoms with van der Waals surface area (Å²) in [4.78, 5) is 11.9. The zero-order chi connectivity index (χ0) is 15.3. The van der Waals surface area contributed by atoms with Crippen LogP contribution in [0.2, 0.25) is 0 Å². The van der Waals surface area contributed by atoms with Gasteiger partial charge >= 0.3 is 0 Å². The molecule has 6 nitrogen and oxygen atoms in total. The lowest BCUT2D eigenvalue weighted by molar-refractivity contribution is -0.115. The Bertz CT molecular complexity index is 502. The van der Waals surface area contributed by atoms with Gasteiger partial charge in [-0.15, -0.1) is 0 Å². The van der Waals surface area contributed by atoms with E-state index in [0.29, 0.717) is 37.0 Å². The summed E-state index contributed by atoms with van der Waals surface area (Å²) in [6.07, 6.45) is 0. The van der Waals surface area contributed by atoms with Crippen molar-refractivity contribution >= 4 is 11.6 Å². The third-order valence-corrected chi connectivity index (χ3v) is 3.06. The first-order chi connectivity index (χ1) is 10.00. The Hall–Kier alpha value is -1.79. The van der Waals surface area contributed by atoms with E-state index >= 15 is 0 Å². The van der Waals surface area contributed by atoms with Gasteiger partial charge in [0.15, 0.2) is 11.5 Å². The maximum absolute atomic E-state index is 11.9. The van der Waals surface area contributed by atoms with Gasteiger partial charge in [0.1, 0.15) is 13.2 Å². The second-order valence-corrected chi connectivity index (χ2v) is 5.58. The van der Waals surface area contributed by atoms with Crippen LogP contribution in [-0.2, 0) is 9.53 Å². The molecule has 0 unspecified atom stereocenters. The Labute approximate surface area is 124 Å². The minimum Gasteiger partial charge on any atom is -0.486 e. The molecule has 0 saturated carbocycles. The van der Waals surface area contributed by atoms with Gasteiger partial charge in [-0.25, -0.2) is 0 Å². The average Bonchev–Trinajstić information content (AvgIpc) is 2.45. The number of carbonyl (C=O) groups excluding carboxylic acids is 1.